The summed E-state index contributed by atoms with van der Waals surface area (Å²) in [4.78, 5) is 139. The van der Waals surface area contributed by atoms with Crippen LogP contribution in [0.2, 0.25) is 39.3 Å². The highest BCUT2D eigenvalue weighted by atomic mass is 79.9. The summed E-state index contributed by atoms with van der Waals surface area (Å²) in [6, 6.07) is 2.18. The number of nitrogens with one attached hydrogen (secondary N) is 2. The molecule has 0 aliphatic carbocycles. The van der Waals surface area contributed by atoms with Crippen molar-refractivity contribution in [2.75, 3.05) is 49.1 Å². The predicted molar refractivity (Wildman–Crippen MR) is 330 cm³/mol. The van der Waals surface area contributed by atoms with E-state index in [9.17, 15) is 53.4 Å². The third kappa shape index (κ3) is 32.0. The van der Waals surface area contributed by atoms with Crippen molar-refractivity contribution < 1.29 is 96.3 Å². The van der Waals surface area contributed by atoms with Gasteiger partial charge in [-0.3, -0.25) is 42.9 Å². The molecule has 15 N–H and O–H groups in total. The van der Waals surface area contributed by atoms with Gasteiger partial charge in [0.25, 0.3) is 0 Å². The van der Waals surface area contributed by atoms with Gasteiger partial charge >= 0.3 is 58.9 Å². The molecule has 0 saturated carbocycles. The molecule has 0 aromatic carbocycles. The Labute approximate surface area is 542 Å². The number of rotatable bonds is 15. The molecule has 93 heavy (non-hydrogen) atoms. The number of aromatic nitrogens is 12. The first-order valence-electron chi connectivity index (χ1n) is 26.4. The minimum Gasteiger partial charge on any atom is -0.518 e. The summed E-state index contributed by atoms with van der Waals surface area (Å²) < 4.78 is 54.0. The number of nitriles is 1. The number of aliphatic hydroxyl groups excluding tert-OH is 4. The molecule has 7 heterocycles. The van der Waals surface area contributed by atoms with Gasteiger partial charge in [0, 0.05) is 55.6 Å². The Balaban J connectivity index is 0. The number of hydrogen-bond acceptors (Lipinski definition) is 38. The normalized spacial score (nSPS) is 22.0. The molecule has 0 radical (unpaired) electrons. The van der Waals surface area contributed by atoms with Crippen LogP contribution in [0.25, 0.3) is 0 Å². The molecule has 4 aromatic heterocycles. The second-order valence-electron chi connectivity index (χ2n) is 20.1. The summed E-state index contributed by atoms with van der Waals surface area (Å²) in [6.07, 6.45) is -6.84. The molecule has 3 fully saturated rings. The number of hydrogen-bond donors (Lipinski definition) is 10. The number of carbonyl (C=O) groups is 6. The highest BCUT2D eigenvalue weighted by molar-refractivity contribution is 9.09. The van der Waals surface area contributed by atoms with Crippen molar-refractivity contribution in [2.24, 2.45) is 0 Å². The van der Waals surface area contributed by atoms with E-state index >= 15 is 0 Å². The molecule has 3 aliphatic rings. The zero-order valence-corrected chi connectivity index (χ0v) is 56.2. The minimum atomic E-state index is -1.65. The highest BCUT2D eigenvalue weighted by Crippen LogP contribution is 2.34. The third-order valence-corrected chi connectivity index (χ3v) is 12.8. The van der Waals surface area contributed by atoms with Gasteiger partial charge in [0.05, 0.1) is 12.7 Å². The van der Waals surface area contributed by atoms with E-state index in [0.29, 0.717) is 12.0 Å². The number of ether oxygens (including phenoxy) is 9. The number of aliphatic hydroxyl groups is 4. The summed E-state index contributed by atoms with van der Waals surface area (Å²) in [5.41, 5.74) is 13.6. The standard InChI is InChI=1S/C14H18N4O8.C11H15BrO7.C9H20N4OSi2.C8H12N4O5.C3H4N4O.C2H3N.CH4O.CH4.H3N/c1-6(19)23-4-9-10(24-7(2)20)11(25-8(3)21)12(26-9)18-5-16-13(15)17-14(18)22;1-5(13)16-4-8-9(17-6(2)14)10(11(12)19-8)18-7(3)15;1-15(2,3)13-8-10-7-11-9(12-8)14-16(4,5)6;9-7-10-2-12(8(16)11-7)6-5(15)4(14)3(1-13)17-6;4-2-5-1-6-3(8)7-2;1-2-3;1-2;;/h5,9-12H,4H2,1-3H3,(H2,15,17,22);8-11H,4H2,1-3H3;7H,1-6H3,(H,10,11,12,13);2-6,13-15H,1H2,(H2,9,11,16);1H,(H3,4,5,6,7,8);1H3;2H,1H3;1H4;1H3/t9-,10+,11?,12-;8-,9+,10?,11?;;3-,4+,5?,6-;;;;;/m11.1...../s1. The maximum Gasteiger partial charge on any atom is 0.354 e. The molecular formula is C49H83BrN18O23Si2. The van der Waals surface area contributed by atoms with Crippen molar-refractivity contribution in [3.8, 4) is 12.1 Å². The van der Waals surface area contributed by atoms with Gasteiger partial charge in [-0.2, -0.15) is 30.2 Å². The zero-order chi connectivity index (χ0) is 69.7. The number of nitrogens with two attached hydrogens (primary N) is 3. The Morgan fingerprint density at radius 3 is 1.45 bits per heavy atom. The lowest BCUT2D eigenvalue weighted by Crippen LogP contribution is -2.42. The van der Waals surface area contributed by atoms with Crippen molar-refractivity contribution in [1.82, 2.24) is 65.1 Å². The largest absolute Gasteiger partial charge is 0.518 e. The maximum absolute atomic E-state index is 12.1. The second-order valence-corrected chi connectivity index (χ2v) is 30.2. The number of aromatic amines is 1. The average Bonchev–Trinajstić information content (AvgIpc) is 1.67. The molecule has 4 aromatic rings. The fraction of sp³-hybridized carbons (Fsp3) is 0.612. The predicted octanol–water partition coefficient (Wildman–Crippen LogP) is -2.08. The fourth-order valence-electron chi connectivity index (χ4n) is 7.07. The summed E-state index contributed by atoms with van der Waals surface area (Å²) in [7, 11) is -2.08. The lowest BCUT2D eigenvalue weighted by molar-refractivity contribution is -0.166. The van der Waals surface area contributed by atoms with Gasteiger partial charge < -0.3 is 95.8 Å². The first kappa shape index (κ1) is 86.4. The highest BCUT2D eigenvalue weighted by Gasteiger charge is 2.52. The van der Waals surface area contributed by atoms with Gasteiger partial charge in [0.2, 0.25) is 32.1 Å². The summed E-state index contributed by atoms with van der Waals surface area (Å²) in [5.74, 6) is -3.25. The number of esters is 6. The van der Waals surface area contributed by atoms with E-state index in [1.165, 1.54) is 40.9 Å². The number of anilines is 4. The Kier molecular flexibility index (Phi) is 38.8. The van der Waals surface area contributed by atoms with Gasteiger partial charge in [-0.05, 0) is 19.6 Å². The second kappa shape index (κ2) is 41.7. The Bertz CT molecular complexity index is 3200. The van der Waals surface area contributed by atoms with Crippen molar-refractivity contribution in [3.63, 3.8) is 0 Å². The van der Waals surface area contributed by atoms with Crippen LogP contribution in [0.15, 0.2) is 39.7 Å². The minimum absolute atomic E-state index is 0. The molecule has 3 aliphatic heterocycles. The van der Waals surface area contributed by atoms with Crippen molar-refractivity contribution in [1.29, 1.82) is 5.26 Å². The van der Waals surface area contributed by atoms with Crippen LogP contribution in [0.5, 0.6) is 6.01 Å². The quantitative estimate of drug-likeness (QED) is 0.0264. The zero-order valence-electron chi connectivity index (χ0n) is 52.6. The number of nitrogens with zero attached hydrogens (tertiary/aromatic N) is 12. The number of H-pyrrole nitrogens is 1. The molecule has 41 nitrogen and oxygen atoms in total. The molecular weight excluding hydrogens is 1340 g/mol. The number of halogens is 1. The lowest BCUT2D eigenvalue weighted by atomic mass is 10.1. The maximum atomic E-state index is 12.1. The number of carbonyl (C=O) groups excluding carboxylic acids is 6. The molecule has 522 valence electrons. The van der Waals surface area contributed by atoms with E-state index in [4.69, 9.17) is 79.7 Å². The lowest BCUT2D eigenvalue weighted by Gasteiger charge is -2.23. The monoisotopic (exact) mass is 1430 g/mol. The van der Waals surface area contributed by atoms with Crippen LogP contribution in [0.1, 0.15) is 68.3 Å². The SMILES string of the molecule is C.CC#N.CC(=O)OC[C@H]1OC(Br)C(OC(C)=O)[C@H]1OC(C)=O.CC(=O)OC[C@H]1O[C@@H](n2cnc(N)nc2=O)C(OC(C)=O)[C@H]1OC(C)=O.CO.C[Si](C)(C)Nc1ncnc(O[Si](C)(C)C)n1.N.Nc1ncn([C@@H]2O[C@H](CO)[C@H](O)C2O)c(=O)n1.Nc1ncnc(=O)[nH]1. The molecule has 0 bridgehead atoms. The first-order chi connectivity index (χ1) is 42.4. The smallest absolute Gasteiger partial charge is 0.354 e. The molecule has 12 atom stereocenters. The third-order valence-electron chi connectivity index (χ3n) is 10.2. The van der Waals surface area contributed by atoms with Gasteiger partial charge in [-0.25, -0.2) is 34.3 Å². The summed E-state index contributed by atoms with van der Waals surface area (Å²) in [5, 5.41) is 41.8. The van der Waals surface area contributed by atoms with Crippen LogP contribution >= 0.6 is 15.9 Å². The van der Waals surface area contributed by atoms with Crippen LogP contribution in [0.4, 0.5) is 23.8 Å². The van der Waals surface area contributed by atoms with E-state index in [1.807, 2.05) is 0 Å². The van der Waals surface area contributed by atoms with E-state index in [2.05, 4.69) is 110 Å². The Morgan fingerprint density at radius 1 is 0.645 bits per heavy atom. The van der Waals surface area contributed by atoms with E-state index in [1.54, 1.807) is 6.07 Å². The number of nitrogen functional groups attached to an aromatic ring is 3. The first-order valence-corrected chi connectivity index (χ1v) is 34.3. The summed E-state index contributed by atoms with van der Waals surface area (Å²) >= 11 is 3.18. The molecule has 4 unspecified atom stereocenters. The van der Waals surface area contributed by atoms with E-state index < -0.39 is 148 Å². The average molecular weight is 1430 g/mol. The van der Waals surface area contributed by atoms with Gasteiger partial charge in [0.15, 0.2) is 41.9 Å². The van der Waals surface area contributed by atoms with Crippen molar-refractivity contribution >= 4 is 92.1 Å². The molecule has 44 heteroatoms. The topological polar surface area (TPSA) is 617 Å². The Hall–Kier alpha value is -8.66. The molecule has 7 rings (SSSR count). The van der Waals surface area contributed by atoms with Crippen LogP contribution in [0, 0.1) is 11.3 Å². The van der Waals surface area contributed by atoms with Crippen LogP contribution < -0.4 is 49.8 Å². The van der Waals surface area contributed by atoms with Crippen LogP contribution in [0.3, 0.4) is 0 Å². The van der Waals surface area contributed by atoms with Gasteiger partial charge in [-0.15, -0.1) is 0 Å². The molecule has 3 saturated heterocycles. The van der Waals surface area contributed by atoms with Crippen LogP contribution in [-0.4, -0.2) is 219 Å². The Morgan fingerprint density at radius 2 is 1.06 bits per heavy atom. The summed E-state index contributed by atoms with van der Waals surface area (Å²) in [6.45, 7) is 20.7. The fourth-order valence-corrected chi connectivity index (χ4v) is 9.19. The van der Waals surface area contributed by atoms with E-state index in [-0.39, 0.29) is 44.6 Å². The van der Waals surface area contributed by atoms with Crippen LogP contribution in [-0.2, 0) is 71.4 Å². The van der Waals surface area contributed by atoms with Crippen molar-refractivity contribution in [2.45, 2.75) is 168 Å². The van der Waals surface area contributed by atoms with E-state index in [0.717, 1.165) is 49.1 Å². The number of alkyl halides is 1. The van der Waals surface area contributed by atoms with Crippen molar-refractivity contribution in [3.05, 3.63) is 56.8 Å². The van der Waals surface area contributed by atoms with Gasteiger partial charge in [-0.1, -0.05) is 43.0 Å². The molecule has 0 spiro atoms. The molecule has 0 amide bonds. The van der Waals surface area contributed by atoms with Gasteiger partial charge in [0.1, 0.15) is 77.3 Å².